The van der Waals surface area contributed by atoms with Gasteiger partial charge in [0, 0.05) is 18.3 Å². The summed E-state index contributed by atoms with van der Waals surface area (Å²) in [5, 5.41) is 12.1. The second-order valence-corrected chi connectivity index (χ2v) is 5.37. The zero-order valence-corrected chi connectivity index (χ0v) is 12.2. The van der Waals surface area contributed by atoms with Gasteiger partial charge in [-0.05, 0) is 33.8 Å². The lowest BCUT2D eigenvalue weighted by Gasteiger charge is -2.19. The van der Waals surface area contributed by atoms with Crippen LogP contribution in [0.1, 0.15) is 44.2 Å². The Morgan fingerprint density at radius 3 is 2.37 bits per heavy atom. The molecular weight excluding hydrogens is 268 g/mol. The number of carbonyl (C=O) groups excluding carboxylic acids is 1. The highest BCUT2D eigenvalue weighted by atomic mass is 35.5. The van der Waals surface area contributed by atoms with E-state index in [0.29, 0.717) is 10.7 Å². The fourth-order valence-electron chi connectivity index (χ4n) is 1.67. The SMILES string of the molecule is CC(NC(=O)c1cc(Cl)cn1C(C)C)C(C)C(=O)O. The zero-order valence-electron chi connectivity index (χ0n) is 11.5. The predicted molar refractivity (Wildman–Crippen MR) is 73.6 cm³/mol. The highest BCUT2D eigenvalue weighted by Gasteiger charge is 2.23. The van der Waals surface area contributed by atoms with Crippen LogP contribution in [-0.4, -0.2) is 27.6 Å². The number of nitrogens with one attached hydrogen (secondary N) is 1. The van der Waals surface area contributed by atoms with Crippen LogP contribution in [0.25, 0.3) is 0 Å². The quantitative estimate of drug-likeness (QED) is 0.874. The second kappa shape index (κ2) is 6.10. The van der Waals surface area contributed by atoms with Crippen LogP contribution in [-0.2, 0) is 4.79 Å². The maximum absolute atomic E-state index is 12.1. The molecule has 2 unspecified atom stereocenters. The minimum Gasteiger partial charge on any atom is -0.481 e. The van der Waals surface area contributed by atoms with E-state index >= 15 is 0 Å². The van der Waals surface area contributed by atoms with Gasteiger partial charge in [-0.1, -0.05) is 11.6 Å². The lowest BCUT2D eigenvalue weighted by Crippen LogP contribution is -2.40. The van der Waals surface area contributed by atoms with Crippen LogP contribution in [0.4, 0.5) is 0 Å². The Morgan fingerprint density at radius 1 is 1.32 bits per heavy atom. The van der Waals surface area contributed by atoms with Crippen molar-refractivity contribution in [1.82, 2.24) is 9.88 Å². The highest BCUT2D eigenvalue weighted by Crippen LogP contribution is 2.19. The molecule has 1 aromatic rings. The molecule has 1 rings (SSSR count). The van der Waals surface area contributed by atoms with Crippen molar-refractivity contribution in [3.05, 3.63) is 23.0 Å². The number of aliphatic carboxylic acids is 1. The molecule has 1 aromatic heterocycles. The lowest BCUT2D eigenvalue weighted by molar-refractivity contribution is -0.141. The van der Waals surface area contributed by atoms with Crippen molar-refractivity contribution in [3.63, 3.8) is 0 Å². The number of nitrogens with zero attached hydrogens (tertiary/aromatic N) is 1. The second-order valence-electron chi connectivity index (χ2n) is 4.93. The first-order valence-corrected chi connectivity index (χ1v) is 6.52. The topological polar surface area (TPSA) is 71.3 Å². The Balaban J connectivity index is 2.87. The molecule has 0 aliphatic heterocycles. The summed E-state index contributed by atoms with van der Waals surface area (Å²) in [5.74, 6) is -1.91. The lowest BCUT2D eigenvalue weighted by atomic mass is 10.0. The number of amides is 1. The molecule has 2 N–H and O–H groups in total. The third kappa shape index (κ3) is 3.73. The van der Waals surface area contributed by atoms with Gasteiger partial charge in [-0.2, -0.15) is 0 Å². The van der Waals surface area contributed by atoms with E-state index in [0.717, 1.165) is 0 Å². The Kier molecular flexibility index (Phi) is 5.00. The molecule has 19 heavy (non-hydrogen) atoms. The highest BCUT2D eigenvalue weighted by molar-refractivity contribution is 6.31. The summed E-state index contributed by atoms with van der Waals surface area (Å²) in [4.78, 5) is 23.0. The minimum atomic E-state index is -0.940. The molecule has 2 atom stereocenters. The molecule has 106 valence electrons. The van der Waals surface area contributed by atoms with E-state index in [2.05, 4.69) is 5.32 Å². The average molecular weight is 287 g/mol. The van der Waals surface area contributed by atoms with Gasteiger partial charge in [-0.3, -0.25) is 9.59 Å². The van der Waals surface area contributed by atoms with Crippen molar-refractivity contribution in [2.45, 2.75) is 39.8 Å². The number of carbonyl (C=O) groups is 2. The minimum absolute atomic E-state index is 0.0976. The summed E-state index contributed by atoms with van der Waals surface area (Å²) < 4.78 is 1.76. The Labute approximate surface area is 117 Å². The van der Waals surface area contributed by atoms with Crippen LogP contribution in [0.2, 0.25) is 5.02 Å². The van der Waals surface area contributed by atoms with E-state index in [1.165, 1.54) is 0 Å². The number of aromatic nitrogens is 1. The van der Waals surface area contributed by atoms with Crippen molar-refractivity contribution >= 4 is 23.5 Å². The Hall–Kier alpha value is -1.49. The largest absolute Gasteiger partial charge is 0.481 e. The number of hydrogen-bond acceptors (Lipinski definition) is 2. The summed E-state index contributed by atoms with van der Waals surface area (Å²) in [7, 11) is 0. The van der Waals surface area contributed by atoms with Gasteiger partial charge in [0.2, 0.25) is 0 Å². The first-order valence-electron chi connectivity index (χ1n) is 6.15. The third-order valence-electron chi connectivity index (χ3n) is 3.10. The van der Waals surface area contributed by atoms with Gasteiger partial charge in [0.1, 0.15) is 5.69 Å². The Morgan fingerprint density at radius 2 is 1.89 bits per heavy atom. The summed E-state index contributed by atoms with van der Waals surface area (Å²) in [5.41, 5.74) is 0.435. The standard InChI is InChI=1S/C13H19ClN2O3/c1-7(2)16-6-10(14)5-11(16)12(17)15-9(4)8(3)13(18)19/h5-9H,1-4H3,(H,15,17)(H,18,19). The van der Waals surface area contributed by atoms with E-state index in [1.807, 2.05) is 13.8 Å². The summed E-state index contributed by atoms with van der Waals surface area (Å²) >= 11 is 5.91. The molecule has 1 amide bonds. The molecule has 0 radical (unpaired) electrons. The molecule has 0 fully saturated rings. The van der Waals surface area contributed by atoms with Crippen molar-refractivity contribution < 1.29 is 14.7 Å². The molecule has 1 heterocycles. The molecule has 0 aliphatic carbocycles. The van der Waals surface area contributed by atoms with E-state index in [9.17, 15) is 9.59 Å². The molecule has 5 nitrogen and oxygen atoms in total. The molecule has 0 saturated carbocycles. The zero-order chi connectivity index (χ0) is 14.7. The summed E-state index contributed by atoms with van der Waals surface area (Å²) in [6.45, 7) is 7.11. The van der Waals surface area contributed by atoms with Crippen LogP contribution in [0.15, 0.2) is 12.3 Å². The van der Waals surface area contributed by atoms with Gasteiger partial charge >= 0.3 is 5.97 Å². The van der Waals surface area contributed by atoms with E-state index in [4.69, 9.17) is 16.7 Å². The summed E-state index contributed by atoms with van der Waals surface area (Å²) in [6.07, 6.45) is 1.69. The smallest absolute Gasteiger partial charge is 0.308 e. The monoisotopic (exact) mass is 286 g/mol. The molecule has 0 saturated heterocycles. The predicted octanol–water partition coefficient (Wildman–Crippen LogP) is 2.56. The van der Waals surface area contributed by atoms with Crippen molar-refractivity contribution in [2.24, 2.45) is 5.92 Å². The molecular formula is C13H19ClN2O3. The van der Waals surface area contributed by atoms with Gasteiger partial charge in [0.15, 0.2) is 0 Å². The van der Waals surface area contributed by atoms with Crippen LogP contribution in [0.5, 0.6) is 0 Å². The van der Waals surface area contributed by atoms with Gasteiger partial charge in [0.25, 0.3) is 5.91 Å². The van der Waals surface area contributed by atoms with E-state index in [-0.39, 0.29) is 11.9 Å². The first kappa shape index (κ1) is 15.6. The van der Waals surface area contributed by atoms with Crippen LogP contribution in [0.3, 0.4) is 0 Å². The van der Waals surface area contributed by atoms with Gasteiger partial charge in [-0.25, -0.2) is 0 Å². The fraction of sp³-hybridized carbons (Fsp3) is 0.538. The van der Waals surface area contributed by atoms with Crippen LogP contribution < -0.4 is 5.32 Å². The summed E-state index contributed by atoms with van der Waals surface area (Å²) in [6, 6.07) is 1.22. The van der Waals surface area contributed by atoms with E-state index in [1.54, 1.807) is 30.7 Å². The van der Waals surface area contributed by atoms with Crippen molar-refractivity contribution in [2.75, 3.05) is 0 Å². The van der Waals surface area contributed by atoms with Crippen LogP contribution >= 0.6 is 11.6 Å². The fourth-order valence-corrected chi connectivity index (χ4v) is 1.88. The normalized spacial score (nSPS) is 14.2. The number of rotatable bonds is 5. The van der Waals surface area contributed by atoms with Gasteiger partial charge in [0.05, 0.1) is 10.9 Å². The maximum atomic E-state index is 12.1. The molecule has 0 spiro atoms. The van der Waals surface area contributed by atoms with E-state index < -0.39 is 17.9 Å². The first-order chi connectivity index (χ1) is 8.73. The molecule has 6 heteroatoms. The molecule has 0 aliphatic rings. The molecule has 0 bridgehead atoms. The number of carboxylic acid groups (broad SMARTS) is 1. The number of halogens is 1. The van der Waals surface area contributed by atoms with Crippen LogP contribution in [0, 0.1) is 5.92 Å². The van der Waals surface area contributed by atoms with Gasteiger partial charge in [-0.15, -0.1) is 0 Å². The average Bonchev–Trinajstić information content (AvgIpc) is 2.70. The number of carboxylic acids is 1. The third-order valence-corrected chi connectivity index (χ3v) is 3.31. The molecule has 0 aromatic carbocycles. The maximum Gasteiger partial charge on any atom is 0.308 e. The van der Waals surface area contributed by atoms with Gasteiger partial charge < -0.3 is 15.0 Å². The number of hydrogen-bond donors (Lipinski definition) is 2. The Bertz CT molecular complexity index is 482. The van der Waals surface area contributed by atoms with Crippen molar-refractivity contribution in [1.29, 1.82) is 0 Å². The van der Waals surface area contributed by atoms with Crippen molar-refractivity contribution in [3.8, 4) is 0 Å².